The monoisotopic (exact) mass is 464 g/mol. The number of nitrogens with one attached hydrogen (secondary N) is 1. The van der Waals surface area contributed by atoms with E-state index in [2.05, 4.69) is 5.32 Å². The number of fused-ring (bicyclic) bond motifs is 1. The van der Waals surface area contributed by atoms with Crippen molar-refractivity contribution in [1.29, 1.82) is 0 Å². The molecule has 0 fully saturated rings. The molecule has 170 valence electrons. The quantitative estimate of drug-likeness (QED) is 0.495. The van der Waals surface area contributed by atoms with Crippen LogP contribution in [0.5, 0.6) is 5.75 Å². The van der Waals surface area contributed by atoms with Gasteiger partial charge in [-0.3, -0.25) is 10.1 Å². The maximum atomic E-state index is 13.3. The Hall–Kier alpha value is -3.35. The highest BCUT2D eigenvalue weighted by Gasteiger charge is 2.39. The molecule has 0 saturated carbocycles. The average molecular weight is 465 g/mol. The van der Waals surface area contributed by atoms with Gasteiger partial charge in [0.2, 0.25) is 0 Å². The third-order valence-corrected chi connectivity index (χ3v) is 6.05. The summed E-state index contributed by atoms with van der Waals surface area (Å²) in [5, 5.41) is 4.04. The van der Waals surface area contributed by atoms with E-state index in [1.807, 2.05) is 66.7 Å². The van der Waals surface area contributed by atoms with Gasteiger partial charge in [0, 0.05) is 22.7 Å². The number of carbonyl (C=O) groups excluding carboxylic acids is 2. The summed E-state index contributed by atoms with van der Waals surface area (Å²) in [4.78, 5) is 27.8. The Morgan fingerprint density at radius 2 is 1.82 bits per heavy atom. The lowest BCUT2D eigenvalue weighted by molar-refractivity contribution is -0.144. The van der Waals surface area contributed by atoms with Gasteiger partial charge in [-0.05, 0) is 47.9 Å². The Labute approximate surface area is 198 Å². The first-order chi connectivity index (χ1) is 16.0. The van der Waals surface area contributed by atoms with Crippen LogP contribution in [0.25, 0.3) is 0 Å². The van der Waals surface area contributed by atoms with Crippen LogP contribution in [-0.4, -0.2) is 37.5 Å². The maximum Gasteiger partial charge on any atom is 0.327 e. The van der Waals surface area contributed by atoms with E-state index < -0.39 is 18.2 Å². The molecule has 1 N–H and O–H groups in total. The minimum Gasteiger partial charge on any atom is -0.497 e. The maximum absolute atomic E-state index is 13.3. The number of esters is 1. The van der Waals surface area contributed by atoms with Crippen LogP contribution < -0.4 is 10.1 Å². The molecule has 7 heteroatoms. The number of amides is 1. The van der Waals surface area contributed by atoms with Gasteiger partial charge in [0.05, 0.1) is 14.2 Å². The minimum atomic E-state index is -0.785. The Bertz CT molecular complexity index is 1150. The van der Waals surface area contributed by atoms with Gasteiger partial charge in [0.25, 0.3) is 5.91 Å². The molecule has 0 saturated heterocycles. The number of hydrogen-bond donors (Lipinski definition) is 1. The van der Waals surface area contributed by atoms with E-state index >= 15 is 0 Å². The lowest BCUT2D eigenvalue weighted by Gasteiger charge is -2.30. The van der Waals surface area contributed by atoms with Crippen LogP contribution >= 0.6 is 11.6 Å². The van der Waals surface area contributed by atoms with E-state index in [4.69, 9.17) is 21.1 Å². The molecule has 0 spiro atoms. The molecule has 0 bridgehead atoms. The Morgan fingerprint density at radius 1 is 1.06 bits per heavy atom. The SMILES string of the molecule is COC(=O)C(NC1c2ccccc2C(=O)N1CCc1ccc(Cl)cc1)c1cccc(OC)c1. The average Bonchev–Trinajstić information content (AvgIpc) is 3.12. The second-order valence-electron chi connectivity index (χ2n) is 7.76. The Morgan fingerprint density at radius 3 is 2.55 bits per heavy atom. The summed E-state index contributed by atoms with van der Waals surface area (Å²) in [5.41, 5.74) is 3.21. The first-order valence-electron chi connectivity index (χ1n) is 10.6. The third kappa shape index (κ3) is 4.87. The van der Waals surface area contributed by atoms with Crippen LogP contribution in [0.2, 0.25) is 5.02 Å². The zero-order chi connectivity index (χ0) is 23.4. The zero-order valence-corrected chi connectivity index (χ0v) is 19.2. The number of nitrogens with zero attached hydrogens (tertiary/aromatic N) is 1. The zero-order valence-electron chi connectivity index (χ0n) is 18.5. The summed E-state index contributed by atoms with van der Waals surface area (Å²) in [5.74, 6) is 0.106. The van der Waals surface area contributed by atoms with E-state index in [1.165, 1.54) is 7.11 Å². The van der Waals surface area contributed by atoms with Crippen LogP contribution in [0, 0.1) is 0 Å². The van der Waals surface area contributed by atoms with E-state index in [0.717, 1.165) is 11.1 Å². The van der Waals surface area contributed by atoms with Gasteiger partial charge in [-0.15, -0.1) is 0 Å². The standard InChI is InChI=1S/C26H25ClN2O4/c1-32-20-7-5-6-18(16-20)23(26(31)33-2)28-24-21-8-3-4-9-22(21)25(30)29(24)15-14-17-10-12-19(27)13-11-17/h3-13,16,23-24,28H,14-15H2,1-2H3. The van der Waals surface area contributed by atoms with Gasteiger partial charge in [-0.25, -0.2) is 4.79 Å². The Balaban J connectivity index is 1.65. The van der Waals surface area contributed by atoms with Crippen molar-refractivity contribution in [2.45, 2.75) is 18.6 Å². The van der Waals surface area contributed by atoms with Crippen molar-refractivity contribution >= 4 is 23.5 Å². The van der Waals surface area contributed by atoms with E-state index in [-0.39, 0.29) is 5.91 Å². The molecule has 2 unspecified atom stereocenters. The smallest absolute Gasteiger partial charge is 0.327 e. The highest BCUT2D eigenvalue weighted by atomic mass is 35.5. The molecule has 3 aromatic rings. The normalized spacial score (nSPS) is 15.8. The second-order valence-corrected chi connectivity index (χ2v) is 8.20. The van der Waals surface area contributed by atoms with Crippen molar-refractivity contribution in [3.05, 3.63) is 100 Å². The molecule has 1 aliphatic heterocycles. The second kappa shape index (κ2) is 10.1. The van der Waals surface area contributed by atoms with Crippen molar-refractivity contribution in [3.63, 3.8) is 0 Å². The first-order valence-corrected chi connectivity index (χ1v) is 11.0. The minimum absolute atomic E-state index is 0.0775. The fourth-order valence-corrected chi connectivity index (χ4v) is 4.20. The van der Waals surface area contributed by atoms with E-state index in [0.29, 0.717) is 34.9 Å². The van der Waals surface area contributed by atoms with Crippen LogP contribution in [0.1, 0.15) is 39.3 Å². The van der Waals surface area contributed by atoms with Gasteiger partial charge in [0.1, 0.15) is 18.0 Å². The van der Waals surface area contributed by atoms with E-state index in [1.54, 1.807) is 18.1 Å². The predicted molar refractivity (Wildman–Crippen MR) is 126 cm³/mol. The van der Waals surface area contributed by atoms with Crippen LogP contribution in [0.4, 0.5) is 0 Å². The molecule has 1 aliphatic rings. The van der Waals surface area contributed by atoms with Crippen molar-refractivity contribution < 1.29 is 19.1 Å². The Kier molecular flexibility index (Phi) is 6.96. The molecule has 3 aromatic carbocycles. The first kappa shape index (κ1) is 22.8. The van der Waals surface area contributed by atoms with Crippen LogP contribution in [0.3, 0.4) is 0 Å². The number of ether oxygens (including phenoxy) is 2. The molecule has 2 atom stereocenters. The van der Waals surface area contributed by atoms with Crippen LogP contribution in [-0.2, 0) is 16.0 Å². The lowest BCUT2D eigenvalue weighted by atomic mass is 10.0. The largest absolute Gasteiger partial charge is 0.497 e. The molecule has 33 heavy (non-hydrogen) atoms. The number of methoxy groups -OCH3 is 2. The molecule has 1 heterocycles. The van der Waals surface area contributed by atoms with Crippen molar-refractivity contribution in [2.24, 2.45) is 0 Å². The highest BCUT2D eigenvalue weighted by molar-refractivity contribution is 6.30. The van der Waals surface area contributed by atoms with Crippen LogP contribution in [0.15, 0.2) is 72.8 Å². The molecule has 4 rings (SSSR count). The fraction of sp³-hybridized carbons (Fsp3) is 0.231. The van der Waals surface area contributed by atoms with Gasteiger partial charge < -0.3 is 14.4 Å². The summed E-state index contributed by atoms with van der Waals surface area (Å²) < 4.78 is 10.4. The molecular formula is C26H25ClN2O4. The number of hydrogen-bond acceptors (Lipinski definition) is 5. The number of halogens is 1. The number of rotatable bonds is 8. The summed E-state index contributed by atoms with van der Waals surface area (Å²) >= 11 is 6.00. The summed E-state index contributed by atoms with van der Waals surface area (Å²) in [6.45, 7) is 0.471. The van der Waals surface area contributed by atoms with Gasteiger partial charge in [-0.2, -0.15) is 0 Å². The molecule has 0 radical (unpaired) electrons. The molecule has 6 nitrogen and oxygen atoms in total. The number of benzene rings is 3. The predicted octanol–water partition coefficient (Wildman–Crippen LogP) is 4.55. The van der Waals surface area contributed by atoms with Gasteiger partial charge >= 0.3 is 5.97 Å². The summed E-state index contributed by atoms with van der Waals surface area (Å²) in [6.07, 6.45) is 0.160. The van der Waals surface area contributed by atoms with Crippen molar-refractivity contribution in [1.82, 2.24) is 10.2 Å². The fourth-order valence-electron chi connectivity index (χ4n) is 4.08. The van der Waals surface area contributed by atoms with Gasteiger partial charge in [0.15, 0.2) is 0 Å². The van der Waals surface area contributed by atoms with Crippen molar-refractivity contribution in [2.75, 3.05) is 20.8 Å². The van der Waals surface area contributed by atoms with Crippen molar-refractivity contribution in [3.8, 4) is 5.75 Å². The lowest BCUT2D eigenvalue weighted by Crippen LogP contribution is -2.42. The highest BCUT2D eigenvalue weighted by Crippen LogP contribution is 2.34. The summed E-state index contributed by atoms with van der Waals surface area (Å²) in [7, 11) is 2.92. The van der Waals surface area contributed by atoms with E-state index in [9.17, 15) is 9.59 Å². The number of carbonyl (C=O) groups is 2. The molecule has 0 aromatic heterocycles. The molecule has 0 aliphatic carbocycles. The van der Waals surface area contributed by atoms with Gasteiger partial charge in [-0.1, -0.05) is 54.1 Å². The topological polar surface area (TPSA) is 67.9 Å². The summed E-state index contributed by atoms with van der Waals surface area (Å²) in [6, 6.07) is 21.5. The molecular weight excluding hydrogens is 440 g/mol. The third-order valence-electron chi connectivity index (χ3n) is 5.80. The molecule has 1 amide bonds.